The molecular formula is C29H48N4O8. The first-order valence-corrected chi connectivity index (χ1v) is 13.7. The third kappa shape index (κ3) is 22.7. The minimum absolute atomic E-state index is 0.0680. The van der Waals surface area contributed by atoms with Crippen molar-refractivity contribution < 1.29 is 38.6 Å². The summed E-state index contributed by atoms with van der Waals surface area (Å²) in [6, 6.07) is 4.94. The van der Waals surface area contributed by atoms with Crippen molar-refractivity contribution in [3.05, 3.63) is 29.8 Å². The monoisotopic (exact) mass is 580 g/mol. The molecule has 0 aliphatic rings. The molecule has 1 rings (SSSR count). The molecule has 0 fully saturated rings. The molecular weight excluding hydrogens is 532 g/mol. The van der Waals surface area contributed by atoms with Crippen LogP contribution >= 0.6 is 0 Å². The fraction of sp³-hybridized carbons (Fsp3) is 0.586. The largest absolute Gasteiger partial charge is 0.508 e. The highest BCUT2D eigenvalue weighted by Crippen LogP contribution is 2.11. The van der Waals surface area contributed by atoms with Gasteiger partial charge in [0.15, 0.2) is 0 Å². The van der Waals surface area contributed by atoms with Crippen LogP contribution in [0.3, 0.4) is 0 Å². The number of likely N-dealkylation sites (N-methyl/N-ethyl adjacent to an activating group) is 1. The smallest absolute Gasteiger partial charge is 0.328 e. The molecule has 0 aliphatic carbocycles. The highest BCUT2D eigenvalue weighted by molar-refractivity contribution is 5.90. The van der Waals surface area contributed by atoms with E-state index in [-0.39, 0.29) is 48.8 Å². The van der Waals surface area contributed by atoms with Crippen LogP contribution in [0.4, 0.5) is 0 Å². The van der Waals surface area contributed by atoms with Gasteiger partial charge in [0.1, 0.15) is 23.9 Å². The molecule has 2 unspecified atom stereocenters. The molecule has 0 heterocycles. The van der Waals surface area contributed by atoms with Gasteiger partial charge in [0.25, 0.3) is 0 Å². The standard InChI is InChI=1S/C21H31N3O6.C6H13NO.C2H4O/c1-13(2)30-21(29)17(10-5-14(3)25)24-19(27)12-23-20(28)18(22-4)11-15-6-8-16(26)9-7-15;1-3-4-5-7-6(2)8;1-2-3/h6-9,13,17-18,22,26H,5,10-12H2,1-4H3,(H,23,28)(H,24,27);3-5H2,1-2H3,(H,7,8);2H,1H3. The van der Waals surface area contributed by atoms with Crippen molar-refractivity contribution in [2.24, 2.45) is 0 Å². The Morgan fingerprint density at radius 2 is 1.59 bits per heavy atom. The first-order chi connectivity index (χ1) is 19.3. The molecule has 1 aromatic rings. The second-order valence-electron chi connectivity index (χ2n) is 9.35. The van der Waals surface area contributed by atoms with E-state index in [2.05, 4.69) is 28.2 Å². The molecule has 41 heavy (non-hydrogen) atoms. The van der Waals surface area contributed by atoms with Crippen LogP contribution in [-0.4, -0.2) is 79.2 Å². The van der Waals surface area contributed by atoms with Crippen LogP contribution < -0.4 is 21.3 Å². The zero-order valence-electron chi connectivity index (χ0n) is 25.4. The van der Waals surface area contributed by atoms with Crippen LogP contribution in [0, 0.1) is 0 Å². The number of nitrogens with one attached hydrogen (secondary N) is 4. The maximum absolute atomic E-state index is 12.4. The highest BCUT2D eigenvalue weighted by Gasteiger charge is 2.24. The number of aromatic hydroxyl groups is 1. The van der Waals surface area contributed by atoms with E-state index in [0.717, 1.165) is 31.2 Å². The quantitative estimate of drug-likeness (QED) is 0.117. The summed E-state index contributed by atoms with van der Waals surface area (Å²) in [5.41, 5.74) is 0.840. The molecule has 12 heteroatoms. The Labute approximate surface area is 243 Å². The molecule has 0 radical (unpaired) electrons. The first-order valence-electron chi connectivity index (χ1n) is 13.7. The molecule has 0 saturated heterocycles. The second kappa shape index (κ2) is 24.0. The summed E-state index contributed by atoms with van der Waals surface area (Å²) in [4.78, 5) is 67.0. The maximum atomic E-state index is 12.4. The van der Waals surface area contributed by atoms with E-state index >= 15 is 0 Å². The van der Waals surface area contributed by atoms with E-state index in [1.54, 1.807) is 33.0 Å². The predicted octanol–water partition coefficient (Wildman–Crippen LogP) is 1.57. The van der Waals surface area contributed by atoms with Crippen LogP contribution in [0.5, 0.6) is 5.75 Å². The molecule has 0 aliphatic heterocycles. The Morgan fingerprint density at radius 1 is 1.00 bits per heavy atom. The average Bonchev–Trinajstić information content (AvgIpc) is 2.89. The summed E-state index contributed by atoms with van der Waals surface area (Å²) in [7, 11) is 1.63. The second-order valence-corrected chi connectivity index (χ2v) is 9.35. The number of hydrogen-bond acceptors (Lipinski definition) is 9. The van der Waals surface area contributed by atoms with Gasteiger partial charge in [-0.3, -0.25) is 14.4 Å². The van der Waals surface area contributed by atoms with Gasteiger partial charge < -0.3 is 40.7 Å². The summed E-state index contributed by atoms with van der Waals surface area (Å²) in [6.45, 7) is 10.4. The number of benzene rings is 1. The minimum Gasteiger partial charge on any atom is -0.508 e. The van der Waals surface area contributed by atoms with E-state index in [4.69, 9.17) is 9.53 Å². The van der Waals surface area contributed by atoms with Crippen molar-refractivity contribution in [1.82, 2.24) is 21.3 Å². The van der Waals surface area contributed by atoms with Crippen LogP contribution in [0.2, 0.25) is 0 Å². The highest BCUT2D eigenvalue weighted by atomic mass is 16.5. The summed E-state index contributed by atoms with van der Waals surface area (Å²) in [6.07, 6.45) is 3.23. The minimum atomic E-state index is -0.960. The van der Waals surface area contributed by atoms with Gasteiger partial charge >= 0.3 is 5.97 Å². The van der Waals surface area contributed by atoms with Crippen molar-refractivity contribution in [2.45, 2.75) is 91.8 Å². The number of esters is 1. The van der Waals surface area contributed by atoms with E-state index in [0.29, 0.717) is 6.42 Å². The number of carbonyl (C=O) groups is 6. The lowest BCUT2D eigenvalue weighted by molar-refractivity contribution is -0.151. The van der Waals surface area contributed by atoms with Crippen LogP contribution in [0.1, 0.15) is 72.8 Å². The predicted molar refractivity (Wildman–Crippen MR) is 156 cm³/mol. The van der Waals surface area contributed by atoms with Gasteiger partial charge in [-0.15, -0.1) is 0 Å². The van der Waals surface area contributed by atoms with Gasteiger partial charge in [0.2, 0.25) is 17.7 Å². The topological polar surface area (TPSA) is 180 Å². The van der Waals surface area contributed by atoms with Crippen molar-refractivity contribution in [3.8, 4) is 5.75 Å². The maximum Gasteiger partial charge on any atom is 0.328 e. The van der Waals surface area contributed by atoms with Crippen molar-refractivity contribution >= 4 is 35.8 Å². The van der Waals surface area contributed by atoms with Gasteiger partial charge in [-0.1, -0.05) is 25.5 Å². The molecule has 2 atom stereocenters. The molecule has 232 valence electrons. The van der Waals surface area contributed by atoms with E-state index in [9.17, 15) is 29.1 Å². The number of rotatable bonds is 15. The number of hydrogen-bond donors (Lipinski definition) is 5. The van der Waals surface area contributed by atoms with Gasteiger partial charge in [0, 0.05) is 19.9 Å². The molecule has 12 nitrogen and oxygen atoms in total. The summed E-state index contributed by atoms with van der Waals surface area (Å²) >= 11 is 0. The van der Waals surface area contributed by atoms with Crippen molar-refractivity contribution in [2.75, 3.05) is 20.1 Å². The molecule has 5 N–H and O–H groups in total. The molecule has 0 bridgehead atoms. The average molecular weight is 581 g/mol. The van der Waals surface area contributed by atoms with Gasteiger partial charge in [0.05, 0.1) is 18.7 Å². The number of ketones is 1. The van der Waals surface area contributed by atoms with E-state index in [1.807, 2.05) is 0 Å². The Balaban J connectivity index is 0. The Hall–Kier alpha value is -3.80. The summed E-state index contributed by atoms with van der Waals surface area (Å²) in [5.74, 6) is -1.46. The van der Waals surface area contributed by atoms with Crippen LogP contribution in [0.25, 0.3) is 0 Å². The van der Waals surface area contributed by atoms with Gasteiger partial charge in [-0.05, 0) is 71.7 Å². The lowest BCUT2D eigenvalue weighted by atomic mass is 10.1. The van der Waals surface area contributed by atoms with Gasteiger partial charge in [-0.25, -0.2) is 4.79 Å². The number of unbranched alkanes of at least 4 members (excludes halogenated alkanes) is 1. The van der Waals surface area contributed by atoms with E-state index < -0.39 is 24.0 Å². The summed E-state index contributed by atoms with van der Waals surface area (Å²) < 4.78 is 5.12. The number of phenolic OH excluding ortho intramolecular Hbond substituents is 1. The van der Waals surface area contributed by atoms with Crippen molar-refractivity contribution in [3.63, 3.8) is 0 Å². The first kappa shape index (κ1) is 39.3. The van der Waals surface area contributed by atoms with Crippen LogP contribution in [-0.2, 0) is 39.9 Å². The molecule has 3 amide bonds. The number of aldehydes is 1. The number of Topliss-reactive ketones (excluding diaryl/α,β-unsaturated/α-hetero) is 1. The lowest BCUT2D eigenvalue weighted by Gasteiger charge is -2.20. The van der Waals surface area contributed by atoms with Crippen molar-refractivity contribution in [1.29, 1.82) is 0 Å². The zero-order chi connectivity index (χ0) is 31.8. The molecule has 1 aromatic carbocycles. The van der Waals surface area contributed by atoms with Crippen LogP contribution in [0.15, 0.2) is 24.3 Å². The fourth-order valence-corrected chi connectivity index (χ4v) is 3.08. The van der Waals surface area contributed by atoms with Gasteiger partial charge in [-0.2, -0.15) is 0 Å². The molecule has 0 spiro atoms. The number of ether oxygens (including phenoxy) is 1. The Morgan fingerprint density at radius 3 is 2.05 bits per heavy atom. The molecule has 0 saturated carbocycles. The normalized spacial score (nSPS) is 11.3. The number of carbonyl (C=O) groups excluding carboxylic acids is 6. The van der Waals surface area contributed by atoms with E-state index in [1.165, 1.54) is 32.9 Å². The molecule has 0 aromatic heterocycles. The Kier molecular flexibility index (Phi) is 23.1. The number of phenols is 1. The number of amides is 3. The third-order valence-electron chi connectivity index (χ3n) is 5.13. The Bertz CT molecular complexity index is 935. The fourth-order valence-electron chi connectivity index (χ4n) is 3.08. The SMILES string of the molecule is CC=O.CCCCNC(C)=O.CNC(Cc1ccc(O)cc1)C(=O)NCC(=O)NC(CCC(C)=O)C(=O)OC(C)C. The zero-order valence-corrected chi connectivity index (χ0v) is 25.4. The lowest BCUT2D eigenvalue weighted by Crippen LogP contribution is -2.50. The third-order valence-corrected chi connectivity index (χ3v) is 5.13. The summed E-state index contributed by atoms with van der Waals surface area (Å²) in [5, 5.41) is 20.0.